The Labute approximate surface area is 344 Å². The van der Waals surface area contributed by atoms with Gasteiger partial charge in [-0.25, -0.2) is 0 Å². The van der Waals surface area contributed by atoms with Crippen LogP contribution >= 0.6 is 0 Å². The van der Waals surface area contributed by atoms with Crippen molar-refractivity contribution in [1.82, 2.24) is 4.90 Å². The molecule has 15 nitrogen and oxygen atoms in total. The number of phenolic OH excluding ortho intramolecular Hbond substituents is 2. The number of carbonyl (C=O) groups excluding carboxylic acids is 3. The number of nitrogens with zero attached hydrogens (tertiary/aromatic N) is 3. The maximum absolute atomic E-state index is 14.7. The monoisotopic (exact) mass is 818 g/mol. The Morgan fingerprint density at radius 3 is 2.29 bits per heavy atom. The number of esters is 1. The van der Waals surface area contributed by atoms with E-state index in [-0.39, 0.29) is 61.9 Å². The number of hydrogen-bond donors (Lipinski definition) is 5. The van der Waals surface area contributed by atoms with E-state index in [0.29, 0.717) is 12.8 Å². The van der Waals surface area contributed by atoms with Gasteiger partial charge in [0.05, 0.1) is 53.0 Å². The van der Waals surface area contributed by atoms with E-state index in [2.05, 4.69) is 10.2 Å². The molecule has 0 radical (unpaired) electrons. The number of rotatable bonds is 2. The number of ether oxygens (including phenoxy) is 4. The number of benzene rings is 2. The second-order valence-electron chi connectivity index (χ2n) is 17.0. The van der Waals surface area contributed by atoms with Gasteiger partial charge in [0.15, 0.2) is 5.75 Å². The summed E-state index contributed by atoms with van der Waals surface area (Å²) >= 11 is 0. The molecule has 2 aromatic carbocycles. The summed E-state index contributed by atoms with van der Waals surface area (Å²) < 4.78 is 24.0. The number of hydrogen-bond acceptors (Lipinski definition) is 14. The molecule has 59 heavy (non-hydrogen) atoms. The van der Waals surface area contributed by atoms with E-state index in [1.165, 1.54) is 27.2 Å². The Morgan fingerprint density at radius 2 is 1.64 bits per heavy atom. The first-order valence-corrected chi connectivity index (χ1v) is 20.2. The Balaban J connectivity index is 1.56. The number of aromatic hydroxyl groups is 2. The van der Waals surface area contributed by atoms with E-state index in [9.17, 15) is 34.8 Å². The molecule has 320 valence electrons. The number of amides is 1. The number of Topliss-reactive ketones (excluding diaryl/α,β-unsaturated/α-hetero) is 1. The average molecular weight is 819 g/mol. The van der Waals surface area contributed by atoms with Gasteiger partial charge in [0.1, 0.15) is 28.6 Å². The number of piperidine rings is 1. The molecule has 0 aromatic heterocycles. The van der Waals surface area contributed by atoms with Crippen molar-refractivity contribution in [3.05, 3.63) is 58.0 Å². The second-order valence-corrected chi connectivity index (χ2v) is 17.0. The SMILES string of the molecule is CO[C@H]1/C=C\O[C@@]2(C)Oc3c(C)c(O)c4c(O)c(c5c(c4c3C2=O)=NC2(CCN(C)CC2)CN=5)NC(=O)/C(C)=C/C=C\[C@H](C)[C@H](O)[C@@H](C)[C@@H](O)[C@@H](C)[C@@H](OC(C)=O)C1C. The predicted molar refractivity (Wildman–Crippen MR) is 219 cm³/mol. The fraction of sp³-hybridized carbons (Fsp3) is 0.568. The third-order valence-corrected chi connectivity index (χ3v) is 12.8. The number of fused-ring (bicyclic) bond motifs is 1. The number of likely N-dealkylation sites (tertiary alicyclic amines) is 1. The smallest absolute Gasteiger partial charge is 0.312 e. The van der Waals surface area contributed by atoms with Gasteiger partial charge >= 0.3 is 11.8 Å². The highest BCUT2D eigenvalue weighted by molar-refractivity contribution is 6.19. The maximum Gasteiger partial charge on any atom is 0.312 e. The van der Waals surface area contributed by atoms with Crippen molar-refractivity contribution in [1.29, 1.82) is 0 Å². The highest BCUT2D eigenvalue weighted by Crippen LogP contribution is 2.49. The van der Waals surface area contributed by atoms with E-state index < -0.39 is 82.8 Å². The molecule has 4 aliphatic heterocycles. The predicted octanol–water partition coefficient (Wildman–Crippen LogP) is 3.77. The molecule has 4 bridgehead atoms. The van der Waals surface area contributed by atoms with Gasteiger partial charge in [-0.2, -0.15) is 0 Å². The van der Waals surface area contributed by atoms with Crippen molar-refractivity contribution in [2.75, 3.05) is 39.1 Å². The van der Waals surface area contributed by atoms with E-state index in [1.54, 1.807) is 65.8 Å². The molecule has 0 aliphatic carbocycles. The molecule has 15 heteroatoms. The summed E-state index contributed by atoms with van der Waals surface area (Å²) in [6.07, 6.45) is 5.28. The first kappa shape index (κ1) is 43.7. The molecule has 1 fully saturated rings. The zero-order valence-electron chi connectivity index (χ0n) is 35.5. The topological polar surface area (TPSA) is 209 Å². The average Bonchev–Trinajstić information content (AvgIpc) is 3.47. The third kappa shape index (κ3) is 7.97. The number of aliphatic hydroxyl groups is 2. The summed E-state index contributed by atoms with van der Waals surface area (Å²) in [7, 11) is 3.50. The Morgan fingerprint density at radius 1 is 0.966 bits per heavy atom. The van der Waals surface area contributed by atoms with Gasteiger partial charge in [-0.3, -0.25) is 24.4 Å². The van der Waals surface area contributed by atoms with Gasteiger partial charge in [-0.15, -0.1) is 0 Å². The normalized spacial score (nSPS) is 33.5. The lowest BCUT2D eigenvalue weighted by molar-refractivity contribution is -0.160. The molecule has 1 spiro atoms. The lowest BCUT2D eigenvalue weighted by Gasteiger charge is -2.38. The van der Waals surface area contributed by atoms with Crippen molar-refractivity contribution in [2.45, 2.75) is 104 Å². The van der Waals surface area contributed by atoms with E-state index in [4.69, 9.17) is 28.9 Å². The van der Waals surface area contributed by atoms with Crippen LogP contribution in [0.3, 0.4) is 0 Å². The number of methoxy groups -OCH3 is 1. The first-order chi connectivity index (χ1) is 27.8. The summed E-state index contributed by atoms with van der Waals surface area (Å²) in [6, 6.07) is 0. The number of carbonyl (C=O) groups is 3. The minimum atomic E-state index is -1.96. The van der Waals surface area contributed by atoms with Crippen molar-refractivity contribution in [2.24, 2.45) is 33.7 Å². The molecule has 5 N–H and O–H groups in total. The lowest BCUT2D eigenvalue weighted by atomic mass is 9.78. The minimum Gasteiger partial charge on any atom is -0.507 e. The van der Waals surface area contributed by atoms with Crippen LogP contribution in [0.4, 0.5) is 5.69 Å². The van der Waals surface area contributed by atoms with E-state index >= 15 is 0 Å². The summed E-state index contributed by atoms with van der Waals surface area (Å²) in [4.78, 5) is 53.3. The fourth-order valence-corrected chi connectivity index (χ4v) is 8.77. The van der Waals surface area contributed by atoms with Crippen LogP contribution in [-0.2, 0) is 23.8 Å². The van der Waals surface area contributed by atoms with Crippen LogP contribution in [0.2, 0.25) is 0 Å². The highest BCUT2D eigenvalue weighted by Gasteiger charge is 2.50. The first-order valence-electron chi connectivity index (χ1n) is 20.2. The van der Waals surface area contributed by atoms with Gasteiger partial charge in [0, 0.05) is 74.2 Å². The van der Waals surface area contributed by atoms with Crippen LogP contribution in [-0.4, -0.2) is 113 Å². The van der Waals surface area contributed by atoms with E-state index in [1.807, 2.05) is 7.05 Å². The van der Waals surface area contributed by atoms with E-state index in [0.717, 1.165) is 13.1 Å². The molecule has 4 aliphatic rings. The Bertz CT molecular complexity index is 2240. The molecule has 0 saturated carbocycles. The molecule has 1 unspecified atom stereocenters. The number of phenols is 2. The number of allylic oxidation sites excluding steroid dienone is 2. The van der Waals surface area contributed by atoms with Crippen LogP contribution < -0.4 is 20.8 Å². The molecule has 1 amide bonds. The molecule has 9 atom stereocenters. The molecular weight excluding hydrogens is 761 g/mol. The zero-order valence-corrected chi connectivity index (χ0v) is 35.5. The molecule has 4 heterocycles. The van der Waals surface area contributed by atoms with Gasteiger partial charge < -0.3 is 49.6 Å². The Kier molecular flexibility index (Phi) is 12.4. The molecule has 6 rings (SSSR count). The number of aliphatic hydroxyl groups excluding tert-OH is 2. The van der Waals surface area contributed by atoms with Gasteiger partial charge in [0.2, 0.25) is 0 Å². The van der Waals surface area contributed by atoms with Crippen molar-refractivity contribution < 1.29 is 53.8 Å². The Hall–Kier alpha value is -4.83. The number of ketones is 1. The van der Waals surface area contributed by atoms with Crippen LogP contribution in [0.15, 0.2) is 46.1 Å². The van der Waals surface area contributed by atoms with Crippen LogP contribution in [0.5, 0.6) is 17.2 Å². The molecular formula is C44H58N4O11. The van der Waals surface area contributed by atoms with Crippen LogP contribution in [0, 0.1) is 30.6 Å². The minimum absolute atomic E-state index is 0.0371. The maximum atomic E-state index is 14.7. The van der Waals surface area contributed by atoms with Gasteiger partial charge in [-0.05, 0) is 39.8 Å². The van der Waals surface area contributed by atoms with Crippen molar-refractivity contribution >= 4 is 34.1 Å². The zero-order chi connectivity index (χ0) is 43.3. The quantitative estimate of drug-likeness (QED) is 0.217. The third-order valence-electron chi connectivity index (χ3n) is 12.8. The largest absolute Gasteiger partial charge is 0.507 e. The van der Waals surface area contributed by atoms with Crippen molar-refractivity contribution in [3.8, 4) is 17.2 Å². The lowest BCUT2D eigenvalue weighted by Crippen LogP contribution is -2.50. The summed E-state index contributed by atoms with van der Waals surface area (Å²) in [5, 5.41) is 50.0. The number of nitrogens with one attached hydrogen (secondary N) is 1. The summed E-state index contributed by atoms with van der Waals surface area (Å²) in [6.45, 7) is 14.7. The van der Waals surface area contributed by atoms with Gasteiger partial charge in [0.25, 0.3) is 11.7 Å². The second kappa shape index (κ2) is 16.7. The van der Waals surface area contributed by atoms with Gasteiger partial charge in [-0.1, -0.05) is 45.9 Å². The molecule has 1 saturated heterocycles. The van der Waals surface area contributed by atoms with Crippen LogP contribution in [0.1, 0.15) is 77.2 Å². The summed E-state index contributed by atoms with van der Waals surface area (Å²) in [5.41, 5.74) is -0.254. The number of anilines is 1. The van der Waals surface area contributed by atoms with Crippen molar-refractivity contribution in [3.63, 3.8) is 0 Å². The van der Waals surface area contributed by atoms with Crippen LogP contribution in [0.25, 0.3) is 10.8 Å². The summed E-state index contributed by atoms with van der Waals surface area (Å²) in [5.74, 6) is -6.90. The molecule has 2 aromatic rings. The fourth-order valence-electron chi connectivity index (χ4n) is 8.77. The standard InChI is InChI=1S/C44H58N4O11/c1-21-12-11-13-22(2)42(55)46-34-33-32(47-44(20-45-33)15-17-48(9)18-16-44)29-30(38(34)53)37(52)26(6)40-31(29)41(54)43(8,59-40)57-19-14-28(56-10)23(3)39(58-27(7)49)25(5)36(51)24(4)35(21)50/h11-14,19,21,23-25,28,35-36,39,50-53H,15-18,20H2,1-10H3,(H,46,55)/b12-11-,19-14-,22-13+/t21-,23?,24+,25+,28-,35-,36+,39-,43-/m0/s1. The highest BCUT2D eigenvalue weighted by atomic mass is 16.7.